The highest BCUT2D eigenvalue weighted by molar-refractivity contribution is 6.11. The van der Waals surface area contributed by atoms with Gasteiger partial charge in [-0.25, -0.2) is 4.39 Å². The third kappa shape index (κ3) is 3.71. The molecule has 1 heterocycles. The number of anilines is 2. The van der Waals surface area contributed by atoms with Crippen molar-refractivity contribution in [3.8, 4) is 0 Å². The lowest BCUT2D eigenvalue weighted by atomic mass is 10.1. The van der Waals surface area contributed by atoms with E-state index in [0.29, 0.717) is 18.3 Å². The van der Waals surface area contributed by atoms with Crippen LogP contribution in [-0.2, 0) is 16.1 Å². The normalized spacial score (nSPS) is 17.4. The molecule has 4 rings (SSSR count). The first kappa shape index (κ1) is 17.7. The fraction of sp³-hybridized carbons (Fsp3) is 0.333. The minimum Gasteiger partial charge on any atom is -0.323 e. The molecule has 140 valence electrons. The second-order valence-corrected chi connectivity index (χ2v) is 7.20. The molecule has 0 radical (unpaired) electrons. The number of carbonyl (C=O) groups excluding carboxylic acids is 2. The molecule has 2 aromatic rings. The molecule has 5 nitrogen and oxygen atoms in total. The van der Waals surface area contributed by atoms with Crippen molar-refractivity contribution in [1.82, 2.24) is 4.90 Å². The molecule has 1 N–H and O–H groups in total. The molecule has 0 spiro atoms. The number of hydrogen-bond donors (Lipinski definition) is 1. The first-order valence-corrected chi connectivity index (χ1v) is 9.23. The van der Waals surface area contributed by atoms with Crippen LogP contribution in [0.25, 0.3) is 0 Å². The molecule has 0 unspecified atom stereocenters. The molecular formula is C21H22FN3O2. The van der Waals surface area contributed by atoms with Crippen LogP contribution < -0.4 is 10.2 Å². The van der Waals surface area contributed by atoms with Crippen molar-refractivity contribution in [2.45, 2.75) is 38.4 Å². The van der Waals surface area contributed by atoms with Gasteiger partial charge in [-0.2, -0.15) is 0 Å². The summed E-state index contributed by atoms with van der Waals surface area (Å²) in [6, 6.07) is 13.7. The van der Waals surface area contributed by atoms with Gasteiger partial charge in [0.25, 0.3) is 0 Å². The average molecular weight is 367 g/mol. The van der Waals surface area contributed by atoms with Crippen LogP contribution in [0.4, 0.5) is 15.8 Å². The second-order valence-electron chi connectivity index (χ2n) is 7.20. The van der Waals surface area contributed by atoms with Crippen molar-refractivity contribution >= 4 is 23.2 Å². The van der Waals surface area contributed by atoms with Crippen molar-refractivity contribution in [3.63, 3.8) is 0 Å². The molecule has 6 heteroatoms. The minimum absolute atomic E-state index is 0.0231. The number of hydrogen-bond acceptors (Lipinski definition) is 3. The van der Waals surface area contributed by atoms with E-state index in [0.717, 1.165) is 24.1 Å². The molecule has 1 aliphatic heterocycles. The van der Waals surface area contributed by atoms with E-state index in [1.165, 1.54) is 12.1 Å². The Bertz CT molecular complexity index is 864. The molecule has 1 fully saturated rings. The smallest absolute Gasteiger partial charge is 0.244 e. The van der Waals surface area contributed by atoms with Crippen LogP contribution in [0.2, 0.25) is 0 Å². The predicted molar refractivity (Wildman–Crippen MR) is 102 cm³/mol. The Hall–Kier alpha value is -2.73. The van der Waals surface area contributed by atoms with Gasteiger partial charge < -0.3 is 5.32 Å². The lowest BCUT2D eigenvalue weighted by molar-refractivity contribution is -0.125. The largest absolute Gasteiger partial charge is 0.323 e. The van der Waals surface area contributed by atoms with E-state index in [9.17, 15) is 14.0 Å². The lowest BCUT2D eigenvalue weighted by Crippen LogP contribution is -2.51. The molecule has 1 saturated carbocycles. The van der Waals surface area contributed by atoms with Gasteiger partial charge in [0.05, 0.1) is 17.4 Å². The molecule has 2 aliphatic rings. The number of fused-ring (bicyclic) bond motifs is 1. The van der Waals surface area contributed by atoms with E-state index < -0.39 is 0 Å². The average Bonchev–Trinajstić information content (AvgIpc) is 3.51. The van der Waals surface area contributed by atoms with Crippen LogP contribution in [0.1, 0.15) is 25.3 Å². The Labute approximate surface area is 157 Å². The second kappa shape index (κ2) is 7.12. The van der Waals surface area contributed by atoms with Gasteiger partial charge in [-0.05, 0) is 49.6 Å². The SMILES string of the molecule is C[C@@H](C(=O)N1CC(=O)Nc2ccccc21)N(Cc1ccc(F)cc1)C1CC1. The zero-order chi connectivity index (χ0) is 19.0. The van der Waals surface area contributed by atoms with Gasteiger partial charge in [-0.1, -0.05) is 24.3 Å². The number of halogens is 1. The number of para-hydroxylation sites is 2. The first-order chi connectivity index (χ1) is 13.0. The summed E-state index contributed by atoms with van der Waals surface area (Å²) in [5, 5.41) is 2.81. The van der Waals surface area contributed by atoms with Gasteiger partial charge in [0.15, 0.2) is 0 Å². The number of benzene rings is 2. The van der Waals surface area contributed by atoms with Crippen LogP contribution in [0.5, 0.6) is 0 Å². The van der Waals surface area contributed by atoms with Crippen molar-refractivity contribution in [2.24, 2.45) is 0 Å². The molecule has 0 aromatic heterocycles. The summed E-state index contributed by atoms with van der Waals surface area (Å²) in [6.07, 6.45) is 2.10. The fourth-order valence-electron chi connectivity index (χ4n) is 3.59. The van der Waals surface area contributed by atoms with Crippen LogP contribution >= 0.6 is 0 Å². The van der Waals surface area contributed by atoms with Gasteiger partial charge in [-0.3, -0.25) is 19.4 Å². The summed E-state index contributed by atoms with van der Waals surface area (Å²) in [5.41, 5.74) is 2.36. The van der Waals surface area contributed by atoms with E-state index in [-0.39, 0.29) is 30.2 Å². The number of nitrogens with zero attached hydrogens (tertiary/aromatic N) is 2. The minimum atomic E-state index is -0.374. The van der Waals surface area contributed by atoms with Crippen molar-refractivity contribution in [1.29, 1.82) is 0 Å². The monoisotopic (exact) mass is 367 g/mol. The topological polar surface area (TPSA) is 52.7 Å². The molecule has 0 saturated heterocycles. The molecule has 2 aromatic carbocycles. The Morgan fingerprint density at radius 3 is 2.63 bits per heavy atom. The zero-order valence-electron chi connectivity index (χ0n) is 15.2. The summed E-state index contributed by atoms with van der Waals surface area (Å²) < 4.78 is 13.2. The highest BCUT2D eigenvalue weighted by atomic mass is 19.1. The summed E-state index contributed by atoms with van der Waals surface area (Å²) in [4.78, 5) is 29.0. The molecule has 27 heavy (non-hydrogen) atoms. The summed E-state index contributed by atoms with van der Waals surface area (Å²) in [5.74, 6) is -0.547. The summed E-state index contributed by atoms with van der Waals surface area (Å²) in [6.45, 7) is 2.49. The Balaban J connectivity index is 1.56. The highest BCUT2D eigenvalue weighted by Gasteiger charge is 2.38. The van der Waals surface area contributed by atoms with Crippen LogP contribution in [-0.4, -0.2) is 35.3 Å². The quantitative estimate of drug-likeness (QED) is 0.883. The summed E-state index contributed by atoms with van der Waals surface area (Å²) >= 11 is 0. The molecule has 0 bridgehead atoms. The Morgan fingerprint density at radius 2 is 1.93 bits per heavy atom. The van der Waals surface area contributed by atoms with Gasteiger partial charge in [-0.15, -0.1) is 0 Å². The van der Waals surface area contributed by atoms with Crippen molar-refractivity contribution in [2.75, 3.05) is 16.8 Å². The molecule has 1 atom stereocenters. The van der Waals surface area contributed by atoms with E-state index in [1.54, 1.807) is 23.1 Å². The summed E-state index contributed by atoms with van der Waals surface area (Å²) in [7, 11) is 0. The Morgan fingerprint density at radius 1 is 1.22 bits per heavy atom. The van der Waals surface area contributed by atoms with Crippen molar-refractivity contribution in [3.05, 3.63) is 59.9 Å². The predicted octanol–water partition coefficient (Wildman–Crippen LogP) is 3.16. The standard InChI is InChI=1S/C21H22FN3O2/c1-14(24(17-10-11-17)12-15-6-8-16(22)9-7-15)21(27)25-13-20(26)23-18-4-2-3-5-19(18)25/h2-9,14,17H,10-13H2,1H3,(H,23,26)/t14-/m0/s1. The third-order valence-corrected chi connectivity index (χ3v) is 5.19. The van der Waals surface area contributed by atoms with Gasteiger partial charge >= 0.3 is 0 Å². The lowest BCUT2D eigenvalue weighted by Gasteiger charge is -2.35. The zero-order valence-corrected chi connectivity index (χ0v) is 15.2. The van der Waals surface area contributed by atoms with Crippen LogP contribution in [0.3, 0.4) is 0 Å². The van der Waals surface area contributed by atoms with Crippen molar-refractivity contribution < 1.29 is 14.0 Å². The highest BCUT2D eigenvalue weighted by Crippen LogP contribution is 2.33. The van der Waals surface area contributed by atoms with E-state index in [1.807, 2.05) is 25.1 Å². The Kier molecular flexibility index (Phi) is 4.66. The van der Waals surface area contributed by atoms with Gasteiger partial charge in [0, 0.05) is 12.6 Å². The number of rotatable bonds is 5. The maximum atomic E-state index is 13.3. The maximum absolute atomic E-state index is 13.3. The number of nitrogens with one attached hydrogen (secondary N) is 1. The number of carbonyl (C=O) groups is 2. The fourth-order valence-corrected chi connectivity index (χ4v) is 3.59. The van der Waals surface area contributed by atoms with Crippen LogP contribution in [0.15, 0.2) is 48.5 Å². The van der Waals surface area contributed by atoms with Crippen LogP contribution in [0, 0.1) is 5.82 Å². The van der Waals surface area contributed by atoms with E-state index in [4.69, 9.17) is 0 Å². The molecular weight excluding hydrogens is 345 g/mol. The third-order valence-electron chi connectivity index (χ3n) is 5.19. The maximum Gasteiger partial charge on any atom is 0.244 e. The van der Waals surface area contributed by atoms with E-state index in [2.05, 4.69) is 10.2 Å². The van der Waals surface area contributed by atoms with E-state index >= 15 is 0 Å². The number of amides is 2. The van der Waals surface area contributed by atoms with Gasteiger partial charge in [0.2, 0.25) is 11.8 Å². The first-order valence-electron chi connectivity index (χ1n) is 9.23. The molecule has 1 aliphatic carbocycles. The van der Waals surface area contributed by atoms with Gasteiger partial charge in [0.1, 0.15) is 12.4 Å². The molecule has 2 amide bonds.